The lowest BCUT2D eigenvalue weighted by Gasteiger charge is -2.37. The number of hydrogen-bond acceptors (Lipinski definition) is 3. The Labute approximate surface area is 99.1 Å². The van der Waals surface area contributed by atoms with E-state index in [1.807, 2.05) is 6.92 Å². The third-order valence-electron chi connectivity index (χ3n) is 3.80. The van der Waals surface area contributed by atoms with Crippen molar-refractivity contribution in [3.8, 4) is 0 Å². The SMILES string of the molecule is COC(=O)C(C)CN(C)C1CCCCC1C. The van der Waals surface area contributed by atoms with Crippen molar-refractivity contribution in [2.45, 2.75) is 45.6 Å². The monoisotopic (exact) mass is 227 g/mol. The molecule has 0 radical (unpaired) electrons. The molecule has 1 fully saturated rings. The molecule has 16 heavy (non-hydrogen) atoms. The lowest BCUT2D eigenvalue weighted by molar-refractivity contribution is -0.145. The van der Waals surface area contributed by atoms with E-state index in [1.165, 1.54) is 32.8 Å². The highest BCUT2D eigenvalue weighted by Gasteiger charge is 2.27. The first-order chi connectivity index (χ1) is 7.56. The van der Waals surface area contributed by atoms with Gasteiger partial charge in [-0.1, -0.05) is 26.7 Å². The Balaban J connectivity index is 2.44. The third-order valence-corrected chi connectivity index (χ3v) is 3.80. The zero-order valence-electron chi connectivity index (χ0n) is 11.0. The molecular weight excluding hydrogens is 202 g/mol. The zero-order chi connectivity index (χ0) is 12.1. The summed E-state index contributed by atoms with van der Waals surface area (Å²) in [6.07, 6.45) is 5.27. The zero-order valence-corrected chi connectivity index (χ0v) is 11.0. The van der Waals surface area contributed by atoms with Crippen molar-refractivity contribution >= 4 is 5.97 Å². The van der Waals surface area contributed by atoms with Crippen LogP contribution in [0.15, 0.2) is 0 Å². The molecule has 1 saturated carbocycles. The molecule has 0 amide bonds. The smallest absolute Gasteiger partial charge is 0.309 e. The van der Waals surface area contributed by atoms with Gasteiger partial charge in [-0.15, -0.1) is 0 Å². The van der Waals surface area contributed by atoms with Gasteiger partial charge in [-0.05, 0) is 25.8 Å². The molecule has 0 heterocycles. The first-order valence-corrected chi connectivity index (χ1v) is 6.34. The molecule has 0 aliphatic heterocycles. The van der Waals surface area contributed by atoms with Crippen LogP contribution in [0.4, 0.5) is 0 Å². The van der Waals surface area contributed by atoms with Crippen molar-refractivity contribution in [1.82, 2.24) is 4.90 Å². The molecular formula is C13H25NO2. The van der Waals surface area contributed by atoms with Crippen LogP contribution >= 0.6 is 0 Å². The Kier molecular flexibility index (Phi) is 5.26. The maximum absolute atomic E-state index is 11.4. The molecule has 1 aliphatic carbocycles. The van der Waals surface area contributed by atoms with Crippen LogP contribution in [0.1, 0.15) is 39.5 Å². The molecule has 0 bridgehead atoms. The summed E-state index contributed by atoms with van der Waals surface area (Å²) in [6, 6.07) is 0.640. The summed E-state index contributed by atoms with van der Waals surface area (Å²) in [5.41, 5.74) is 0. The number of methoxy groups -OCH3 is 1. The Morgan fingerprint density at radius 1 is 1.44 bits per heavy atom. The van der Waals surface area contributed by atoms with Gasteiger partial charge in [0, 0.05) is 12.6 Å². The second kappa shape index (κ2) is 6.24. The summed E-state index contributed by atoms with van der Waals surface area (Å²) >= 11 is 0. The van der Waals surface area contributed by atoms with Gasteiger partial charge in [-0.2, -0.15) is 0 Å². The van der Waals surface area contributed by atoms with E-state index >= 15 is 0 Å². The van der Waals surface area contributed by atoms with Crippen LogP contribution in [-0.2, 0) is 9.53 Å². The topological polar surface area (TPSA) is 29.5 Å². The Hall–Kier alpha value is -0.570. The fourth-order valence-corrected chi connectivity index (χ4v) is 2.79. The van der Waals surface area contributed by atoms with E-state index in [9.17, 15) is 4.79 Å². The van der Waals surface area contributed by atoms with Crippen molar-refractivity contribution < 1.29 is 9.53 Å². The van der Waals surface area contributed by atoms with Crippen LogP contribution in [0.5, 0.6) is 0 Å². The molecule has 3 heteroatoms. The fourth-order valence-electron chi connectivity index (χ4n) is 2.79. The number of esters is 1. The van der Waals surface area contributed by atoms with E-state index in [4.69, 9.17) is 4.74 Å². The summed E-state index contributed by atoms with van der Waals surface area (Å²) in [7, 11) is 3.59. The van der Waals surface area contributed by atoms with Gasteiger partial charge in [-0.25, -0.2) is 0 Å². The highest BCUT2D eigenvalue weighted by molar-refractivity contribution is 5.72. The number of carbonyl (C=O) groups excluding carboxylic acids is 1. The van der Waals surface area contributed by atoms with Gasteiger partial charge < -0.3 is 9.64 Å². The first kappa shape index (κ1) is 13.5. The van der Waals surface area contributed by atoms with E-state index in [-0.39, 0.29) is 11.9 Å². The van der Waals surface area contributed by atoms with E-state index < -0.39 is 0 Å². The maximum atomic E-state index is 11.4. The van der Waals surface area contributed by atoms with Crippen LogP contribution < -0.4 is 0 Å². The number of rotatable bonds is 4. The van der Waals surface area contributed by atoms with Crippen molar-refractivity contribution in [2.24, 2.45) is 11.8 Å². The van der Waals surface area contributed by atoms with Crippen molar-refractivity contribution in [2.75, 3.05) is 20.7 Å². The van der Waals surface area contributed by atoms with Crippen LogP contribution in [0.25, 0.3) is 0 Å². The van der Waals surface area contributed by atoms with Gasteiger partial charge in [0.2, 0.25) is 0 Å². The van der Waals surface area contributed by atoms with E-state index in [0.29, 0.717) is 6.04 Å². The predicted octanol–water partition coefficient (Wildman–Crippen LogP) is 2.31. The molecule has 3 unspecified atom stereocenters. The minimum Gasteiger partial charge on any atom is -0.469 e. The highest BCUT2D eigenvalue weighted by Crippen LogP contribution is 2.27. The molecule has 3 nitrogen and oxygen atoms in total. The minimum absolute atomic E-state index is 0.0240. The standard InChI is InChI=1S/C13H25NO2/c1-10-7-5-6-8-12(10)14(3)9-11(2)13(15)16-4/h10-12H,5-9H2,1-4H3. The fraction of sp³-hybridized carbons (Fsp3) is 0.923. The summed E-state index contributed by atoms with van der Waals surface area (Å²) in [6.45, 7) is 5.07. The van der Waals surface area contributed by atoms with Gasteiger partial charge in [0.25, 0.3) is 0 Å². The lowest BCUT2D eigenvalue weighted by atomic mass is 9.85. The van der Waals surface area contributed by atoms with Gasteiger partial charge in [-0.3, -0.25) is 4.79 Å². The minimum atomic E-state index is -0.102. The van der Waals surface area contributed by atoms with Crippen molar-refractivity contribution in [3.05, 3.63) is 0 Å². The number of carbonyl (C=O) groups is 1. The Morgan fingerprint density at radius 3 is 2.62 bits per heavy atom. The highest BCUT2D eigenvalue weighted by atomic mass is 16.5. The van der Waals surface area contributed by atoms with Crippen LogP contribution in [0.2, 0.25) is 0 Å². The molecule has 0 aromatic carbocycles. The summed E-state index contributed by atoms with van der Waals surface area (Å²) in [5.74, 6) is 0.628. The molecule has 3 atom stereocenters. The number of nitrogens with zero attached hydrogens (tertiary/aromatic N) is 1. The lowest BCUT2D eigenvalue weighted by Crippen LogP contribution is -2.42. The summed E-state index contributed by atoms with van der Waals surface area (Å²) in [4.78, 5) is 13.7. The van der Waals surface area contributed by atoms with Crippen LogP contribution in [-0.4, -0.2) is 37.6 Å². The maximum Gasteiger partial charge on any atom is 0.309 e. The number of hydrogen-bond donors (Lipinski definition) is 0. The van der Waals surface area contributed by atoms with Gasteiger partial charge in [0.15, 0.2) is 0 Å². The largest absolute Gasteiger partial charge is 0.469 e. The average Bonchev–Trinajstić information content (AvgIpc) is 2.28. The van der Waals surface area contributed by atoms with Gasteiger partial charge >= 0.3 is 5.97 Å². The Bertz CT molecular complexity index is 230. The molecule has 0 spiro atoms. The van der Waals surface area contributed by atoms with E-state index in [2.05, 4.69) is 18.9 Å². The molecule has 94 valence electrons. The summed E-state index contributed by atoms with van der Waals surface area (Å²) < 4.78 is 4.76. The number of ether oxygens (including phenoxy) is 1. The normalized spacial score (nSPS) is 27.8. The molecule has 1 aliphatic rings. The van der Waals surface area contributed by atoms with Crippen molar-refractivity contribution in [1.29, 1.82) is 0 Å². The quantitative estimate of drug-likeness (QED) is 0.690. The second-order valence-corrected chi connectivity index (χ2v) is 5.19. The van der Waals surface area contributed by atoms with Crippen LogP contribution in [0.3, 0.4) is 0 Å². The van der Waals surface area contributed by atoms with E-state index in [1.54, 1.807) is 0 Å². The average molecular weight is 227 g/mol. The molecule has 0 aromatic heterocycles. The first-order valence-electron chi connectivity index (χ1n) is 6.34. The van der Waals surface area contributed by atoms with E-state index in [0.717, 1.165) is 12.5 Å². The second-order valence-electron chi connectivity index (χ2n) is 5.19. The van der Waals surface area contributed by atoms with Gasteiger partial charge in [0.05, 0.1) is 13.0 Å². The molecule has 0 saturated heterocycles. The Morgan fingerprint density at radius 2 is 2.06 bits per heavy atom. The molecule has 0 N–H and O–H groups in total. The van der Waals surface area contributed by atoms with Gasteiger partial charge in [0.1, 0.15) is 0 Å². The molecule has 1 rings (SSSR count). The molecule has 0 aromatic rings. The summed E-state index contributed by atoms with van der Waals surface area (Å²) in [5, 5.41) is 0. The third kappa shape index (κ3) is 3.48. The van der Waals surface area contributed by atoms with Crippen molar-refractivity contribution in [3.63, 3.8) is 0 Å². The predicted molar refractivity (Wildman–Crippen MR) is 65.2 cm³/mol. The van der Waals surface area contributed by atoms with Crippen LogP contribution in [0, 0.1) is 11.8 Å².